The van der Waals surface area contributed by atoms with Gasteiger partial charge in [-0.15, -0.1) is 35.3 Å². The van der Waals surface area contributed by atoms with Gasteiger partial charge in [0.25, 0.3) is 0 Å². The van der Waals surface area contributed by atoms with E-state index in [2.05, 4.69) is 37.7 Å². The Labute approximate surface area is 196 Å². The second-order valence-corrected chi connectivity index (χ2v) is 7.66. The Hall–Kier alpha value is -1.72. The van der Waals surface area contributed by atoms with E-state index in [0.717, 1.165) is 35.9 Å². The lowest BCUT2D eigenvalue weighted by Gasteiger charge is -2.10. The van der Waals surface area contributed by atoms with Gasteiger partial charge in [0.1, 0.15) is 0 Å². The van der Waals surface area contributed by atoms with E-state index < -0.39 is 0 Å². The summed E-state index contributed by atoms with van der Waals surface area (Å²) >= 11 is 7.77. The Kier molecular flexibility index (Phi) is 9.82. The number of halogens is 2. The quantitative estimate of drug-likeness (QED) is 0.252. The van der Waals surface area contributed by atoms with Crippen LogP contribution in [0.5, 0.6) is 0 Å². The number of nitrogens with one attached hydrogen (secondary N) is 2. The Morgan fingerprint density at radius 3 is 2.72 bits per heavy atom. The molecule has 10 heteroatoms. The predicted octanol–water partition coefficient (Wildman–Crippen LogP) is 3.98. The first-order valence-electron chi connectivity index (χ1n) is 9.14. The van der Waals surface area contributed by atoms with Crippen molar-refractivity contribution in [3.05, 3.63) is 51.3 Å². The van der Waals surface area contributed by atoms with Crippen LogP contribution in [-0.4, -0.2) is 41.2 Å². The molecule has 0 amide bonds. The first-order chi connectivity index (χ1) is 13.7. The molecule has 2 aromatic heterocycles. The van der Waals surface area contributed by atoms with Crippen molar-refractivity contribution >= 4 is 52.9 Å². The molecule has 3 aromatic rings. The summed E-state index contributed by atoms with van der Waals surface area (Å²) in [5.41, 5.74) is 0.835. The number of hydrogen-bond acceptors (Lipinski definition) is 6. The Bertz CT molecular complexity index is 929. The van der Waals surface area contributed by atoms with E-state index in [9.17, 15) is 0 Å². The zero-order chi connectivity index (χ0) is 19.8. The van der Waals surface area contributed by atoms with Gasteiger partial charge in [-0.05, 0) is 18.6 Å². The standard InChI is InChI=1S/C19H23ClN6OS.HI/c1-3-15-12-24-17(28-15)8-10-23-19(21-2)22-9-7-16-25-18(26-27-16)13-5-4-6-14(20)11-13;/h4-6,11-12H,3,7-10H2,1-2H3,(H2,21,22,23);1H. The van der Waals surface area contributed by atoms with Crippen LogP contribution in [0.3, 0.4) is 0 Å². The molecular formula is C19H24ClIN6OS. The maximum Gasteiger partial charge on any atom is 0.228 e. The van der Waals surface area contributed by atoms with Crippen LogP contribution < -0.4 is 10.6 Å². The molecule has 7 nitrogen and oxygen atoms in total. The third kappa shape index (κ3) is 7.23. The summed E-state index contributed by atoms with van der Waals surface area (Å²) in [5.74, 6) is 1.84. The first-order valence-corrected chi connectivity index (χ1v) is 10.3. The number of aromatic nitrogens is 3. The molecule has 3 rings (SSSR count). The minimum absolute atomic E-state index is 0. The number of nitrogens with zero attached hydrogens (tertiary/aromatic N) is 4. The third-order valence-electron chi connectivity index (χ3n) is 3.99. The molecule has 0 saturated heterocycles. The van der Waals surface area contributed by atoms with Gasteiger partial charge in [0.05, 0.1) is 5.01 Å². The van der Waals surface area contributed by atoms with Crippen molar-refractivity contribution in [3.63, 3.8) is 0 Å². The summed E-state index contributed by atoms with van der Waals surface area (Å²) < 4.78 is 5.31. The summed E-state index contributed by atoms with van der Waals surface area (Å²) in [6, 6.07) is 7.38. The monoisotopic (exact) mass is 546 g/mol. The van der Waals surface area contributed by atoms with Crippen molar-refractivity contribution in [1.82, 2.24) is 25.8 Å². The van der Waals surface area contributed by atoms with Crippen LogP contribution in [0, 0.1) is 0 Å². The highest BCUT2D eigenvalue weighted by molar-refractivity contribution is 14.0. The van der Waals surface area contributed by atoms with Crippen LogP contribution in [0.4, 0.5) is 0 Å². The highest BCUT2D eigenvalue weighted by atomic mass is 127. The molecule has 0 fully saturated rings. The van der Waals surface area contributed by atoms with Gasteiger partial charge in [-0.2, -0.15) is 4.98 Å². The summed E-state index contributed by atoms with van der Waals surface area (Å²) in [6.45, 7) is 3.55. The number of rotatable bonds is 8. The van der Waals surface area contributed by atoms with Gasteiger partial charge < -0.3 is 15.2 Å². The predicted molar refractivity (Wildman–Crippen MR) is 128 cm³/mol. The van der Waals surface area contributed by atoms with Crippen molar-refractivity contribution < 1.29 is 4.52 Å². The normalized spacial score (nSPS) is 11.2. The molecule has 0 aliphatic carbocycles. The van der Waals surface area contributed by atoms with Gasteiger partial charge in [0, 0.05) is 54.6 Å². The number of benzene rings is 1. The molecule has 2 N–H and O–H groups in total. The van der Waals surface area contributed by atoms with Crippen LogP contribution in [-0.2, 0) is 19.3 Å². The molecule has 156 valence electrons. The maximum atomic E-state index is 6.01. The van der Waals surface area contributed by atoms with Gasteiger partial charge in [-0.25, -0.2) is 4.98 Å². The van der Waals surface area contributed by atoms with E-state index in [0.29, 0.717) is 29.7 Å². The number of thiazole rings is 1. The van der Waals surface area contributed by atoms with Crippen molar-refractivity contribution in [2.75, 3.05) is 20.1 Å². The zero-order valence-corrected chi connectivity index (χ0v) is 20.2. The van der Waals surface area contributed by atoms with Crippen LogP contribution in [0.1, 0.15) is 22.7 Å². The lowest BCUT2D eigenvalue weighted by molar-refractivity contribution is 0.378. The fraction of sp³-hybridized carbons (Fsp3) is 0.368. The molecule has 29 heavy (non-hydrogen) atoms. The molecule has 0 aliphatic heterocycles. The van der Waals surface area contributed by atoms with E-state index in [1.807, 2.05) is 30.5 Å². The smallest absolute Gasteiger partial charge is 0.228 e. The van der Waals surface area contributed by atoms with Crippen molar-refractivity contribution in [2.24, 2.45) is 4.99 Å². The molecule has 0 bridgehead atoms. The molecule has 0 aliphatic rings. The molecule has 0 radical (unpaired) electrons. The number of hydrogen-bond donors (Lipinski definition) is 2. The number of aryl methyl sites for hydroxylation is 1. The molecule has 1 aromatic carbocycles. The molecule has 0 spiro atoms. The van der Waals surface area contributed by atoms with Gasteiger partial charge >= 0.3 is 0 Å². The Morgan fingerprint density at radius 2 is 2.03 bits per heavy atom. The van der Waals surface area contributed by atoms with Gasteiger partial charge in [0.2, 0.25) is 11.7 Å². The number of aliphatic imine (C=N–C) groups is 1. The minimum Gasteiger partial charge on any atom is -0.356 e. The second-order valence-electron chi connectivity index (χ2n) is 6.02. The van der Waals surface area contributed by atoms with Crippen LogP contribution in [0.2, 0.25) is 5.02 Å². The Morgan fingerprint density at radius 1 is 1.24 bits per heavy atom. The molecular weight excluding hydrogens is 523 g/mol. The summed E-state index contributed by atoms with van der Waals surface area (Å²) in [6.07, 6.45) is 4.46. The zero-order valence-electron chi connectivity index (χ0n) is 16.3. The summed E-state index contributed by atoms with van der Waals surface area (Å²) in [4.78, 5) is 14.4. The van der Waals surface area contributed by atoms with E-state index in [-0.39, 0.29) is 24.0 Å². The van der Waals surface area contributed by atoms with Gasteiger partial charge in [0.15, 0.2) is 5.96 Å². The topological polar surface area (TPSA) is 88.2 Å². The fourth-order valence-corrected chi connectivity index (χ4v) is 3.58. The van der Waals surface area contributed by atoms with Crippen molar-refractivity contribution in [1.29, 1.82) is 0 Å². The summed E-state index contributed by atoms with van der Waals surface area (Å²) in [5, 5.41) is 12.3. The van der Waals surface area contributed by atoms with Gasteiger partial charge in [-0.1, -0.05) is 35.8 Å². The lowest BCUT2D eigenvalue weighted by Crippen LogP contribution is -2.39. The molecule has 0 unspecified atom stereocenters. The van der Waals surface area contributed by atoms with Crippen LogP contribution in [0.25, 0.3) is 11.4 Å². The van der Waals surface area contributed by atoms with E-state index in [4.69, 9.17) is 16.1 Å². The number of guanidine groups is 1. The van der Waals surface area contributed by atoms with Crippen molar-refractivity contribution in [3.8, 4) is 11.4 Å². The second kappa shape index (κ2) is 12.1. The van der Waals surface area contributed by atoms with E-state index in [1.165, 1.54) is 4.88 Å². The average Bonchev–Trinajstić information content (AvgIpc) is 3.36. The highest BCUT2D eigenvalue weighted by Crippen LogP contribution is 2.19. The van der Waals surface area contributed by atoms with Crippen LogP contribution in [0.15, 0.2) is 40.0 Å². The maximum absolute atomic E-state index is 6.01. The highest BCUT2D eigenvalue weighted by Gasteiger charge is 2.09. The lowest BCUT2D eigenvalue weighted by atomic mass is 10.2. The van der Waals surface area contributed by atoms with Crippen LogP contribution >= 0.6 is 46.9 Å². The summed E-state index contributed by atoms with van der Waals surface area (Å²) in [7, 11) is 1.75. The van der Waals surface area contributed by atoms with E-state index in [1.54, 1.807) is 18.4 Å². The van der Waals surface area contributed by atoms with E-state index >= 15 is 0 Å². The molecule has 2 heterocycles. The largest absolute Gasteiger partial charge is 0.356 e. The first kappa shape index (κ1) is 23.6. The van der Waals surface area contributed by atoms with Gasteiger partial charge in [-0.3, -0.25) is 4.99 Å². The minimum atomic E-state index is 0. The SMILES string of the molecule is CCc1cnc(CCNC(=NC)NCCc2nc(-c3cccc(Cl)c3)no2)s1.I. The molecule has 0 atom stereocenters. The van der Waals surface area contributed by atoms with Crippen molar-refractivity contribution in [2.45, 2.75) is 26.2 Å². The average molecular weight is 547 g/mol. The third-order valence-corrected chi connectivity index (χ3v) is 5.42. The fourth-order valence-electron chi connectivity index (χ4n) is 2.52. The Balaban J connectivity index is 0.00000300. The molecule has 0 saturated carbocycles.